The van der Waals surface area contributed by atoms with Gasteiger partial charge in [-0.05, 0) is 43.7 Å². The van der Waals surface area contributed by atoms with Crippen LogP contribution in [-0.4, -0.2) is 72.3 Å². The molecule has 1 atom stereocenters. The quantitative estimate of drug-likeness (QED) is 0.530. The molecular formula is C22H29N7O3S. The minimum absolute atomic E-state index is 0.0704. The van der Waals surface area contributed by atoms with E-state index in [9.17, 15) is 13.2 Å². The van der Waals surface area contributed by atoms with Gasteiger partial charge in [-0.15, -0.1) is 0 Å². The van der Waals surface area contributed by atoms with Crippen molar-refractivity contribution in [3.05, 3.63) is 30.7 Å². The summed E-state index contributed by atoms with van der Waals surface area (Å²) in [7, 11) is -3.53. The number of hydrogen-bond donors (Lipinski definition) is 3. The second-order valence-electron chi connectivity index (χ2n) is 9.08. The number of piperidine rings is 2. The predicted octanol–water partition coefficient (Wildman–Crippen LogP) is 1.79. The fraction of sp³-hybridized carbons (Fsp3) is 0.500. The molecule has 2 aliphatic rings. The fourth-order valence-corrected chi connectivity index (χ4v) is 6.07. The minimum Gasteiger partial charge on any atom is -0.371 e. The van der Waals surface area contributed by atoms with Crippen molar-refractivity contribution in [3.8, 4) is 0 Å². The summed E-state index contributed by atoms with van der Waals surface area (Å²) >= 11 is 0. The summed E-state index contributed by atoms with van der Waals surface area (Å²) in [6, 6.07) is 4.06. The largest absolute Gasteiger partial charge is 0.371 e. The third kappa shape index (κ3) is 4.74. The number of rotatable bonds is 4. The Morgan fingerprint density at radius 1 is 1.18 bits per heavy atom. The number of aromatic amines is 1. The Morgan fingerprint density at radius 2 is 2.00 bits per heavy atom. The van der Waals surface area contributed by atoms with E-state index < -0.39 is 10.0 Å². The maximum Gasteiger partial charge on any atom is 0.317 e. The lowest BCUT2D eigenvalue weighted by Crippen LogP contribution is -2.52. The summed E-state index contributed by atoms with van der Waals surface area (Å²) < 4.78 is 22.8. The normalized spacial score (nSPS) is 20.5. The van der Waals surface area contributed by atoms with Gasteiger partial charge >= 0.3 is 6.03 Å². The fourth-order valence-electron chi connectivity index (χ4n) is 5.14. The number of aromatic nitrogens is 3. The molecule has 3 aromatic rings. The highest BCUT2D eigenvalue weighted by molar-refractivity contribution is 7.89. The Morgan fingerprint density at radius 3 is 2.79 bits per heavy atom. The van der Waals surface area contributed by atoms with E-state index in [0.29, 0.717) is 13.1 Å². The highest BCUT2D eigenvalue weighted by Crippen LogP contribution is 2.32. The molecule has 0 radical (unpaired) electrons. The average Bonchev–Trinajstić information content (AvgIpc) is 3.27. The van der Waals surface area contributed by atoms with Crippen LogP contribution in [0.25, 0.3) is 21.9 Å². The van der Waals surface area contributed by atoms with Crippen molar-refractivity contribution >= 4 is 43.7 Å². The number of nitrogens with two attached hydrogens (primary N) is 1. The molecule has 176 valence electrons. The number of carbonyl (C=O) groups is 1. The third-order valence-corrected chi connectivity index (χ3v) is 7.64. The van der Waals surface area contributed by atoms with Crippen LogP contribution in [0.1, 0.15) is 25.7 Å². The lowest BCUT2D eigenvalue weighted by molar-refractivity contribution is 0.165. The van der Waals surface area contributed by atoms with Gasteiger partial charge in [0.1, 0.15) is 5.65 Å². The van der Waals surface area contributed by atoms with Gasteiger partial charge in [-0.25, -0.2) is 23.3 Å². The Balaban J connectivity index is 1.22. The molecule has 2 aliphatic heterocycles. The summed E-state index contributed by atoms with van der Waals surface area (Å²) in [5.41, 5.74) is 2.86. The first-order valence-corrected chi connectivity index (χ1v) is 13.1. The van der Waals surface area contributed by atoms with Gasteiger partial charge in [0, 0.05) is 61.1 Å². The van der Waals surface area contributed by atoms with Crippen LogP contribution in [0.2, 0.25) is 0 Å². The van der Waals surface area contributed by atoms with Gasteiger partial charge in [0.2, 0.25) is 10.0 Å². The molecule has 4 N–H and O–H groups in total. The van der Waals surface area contributed by atoms with Crippen LogP contribution < -0.4 is 15.4 Å². The molecular weight excluding hydrogens is 442 g/mol. The van der Waals surface area contributed by atoms with Crippen molar-refractivity contribution in [3.63, 3.8) is 0 Å². The van der Waals surface area contributed by atoms with Crippen molar-refractivity contribution in [1.82, 2.24) is 25.2 Å². The molecule has 0 bridgehead atoms. The van der Waals surface area contributed by atoms with E-state index in [-0.39, 0.29) is 23.7 Å². The first kappa shape index (κ1) is 21.9. The van der Waals surface area contributed by atoms with Crippen molar-refractivity contribution < 1.29 is 13.2 Å². The smallest absolute Gasteiger partial charge is 0.317 e. The SMILES string of the molecule is NS(=O)(=O)CC1CCCN(C(=O)NC2CCN(c3ccnc4cnc5[nH]ccc5c34)CC2)C1. The van der Waals surface area contributed by atoms with E-state index in [1.165, 1.54) is 0 Å². The van der Waals surface area contributed by atoms with Crippen LogP contribution in [0.5, 0.6) is 0 Å². The maximum absolute atomic E-state index is 12.8. The average molecular weight is 472 g/mol. The molecule has 2 fully saturated rings. The Hall–Kier alpha value is -2.92. The standard InChI is InChI=1S/C22H29N7O3S/c23-33(31,32)14-15-2-1-9-29(13-15)22(30)27-16-5-10-28(11-6-16)19-4-8-24-18-12-26-21-17(20(18)19)3-7-25-21/h3-4,7-8,12,15-16H,1-2,5-6,9-11,13-14H2,(H,25,26)(H,27,30)(H2,23,31,32). The number of sulfonamides is 1. The predicted molar refractivity (Wildman–Crippen MR) is 127 cm³/mol. The number of amides is 2. The van der Waals surface area contributed by atoms with Crippen LogP contribution in [0.15, 0.2) is 30.7 Å². The molecule has 0 spiro atoms. The highest BCUT2D eigenvalue weighted by atomic mass is 32.2. The molecule has 5 rings (SSSR count). The first-order valence-electron chi connectivity index (χ1n) is 11.4. The van der Waals surface area contributed by atoms with Gasteiger partial charge < -0.3 is 20.1 Å². The van der Waals surface area contributed by atoms with Crippen molar-refractivity contribution in [1.29, 1.82) is 0 Å². The number of H-pyrrole nitrogens is 1. The van der Waals surface area contributed by atoms with Crippen molar-refractivity contribution in [2.75, 3.05) is 36.8 Å². The van der Waals surface area contributed by atoms with Gasteiger partial charge in [0.25, 0.3) is 0 Å². The Kier molecular flexibility index (Phi) is 5.83. The summed E-state index contributed by atoms with van der Waals surface area (Å²) in [5, 5.41) is 10.5. The third-order valence-electron chi connectivity index (χ3n) is 6.71. The zero-order chi connectivity index (χ0) is 23.0. The molecule has 10 nitrogen and oxygen atoms in total. The lowest BCUT2D eigenvalue weighted by Gasteiger charge is -2.37. The van der Waals surface area contributed by atoms with Crippen LogP contribution in [-0.2, 0) is 10.0 Å². The molecule has 0 aliphatic carbocycles. The molecule has 2 amide bonds. The number of pyridine rings is 2. The first-order chi connectivity index (χ1) is 15.9. The van der Waals surface area contributed by atoms with Crippen molar-refractivity contribution in [2.45, 2.75) is 31.7 Å². The molecule has 11 heteroatoms. The van der Waals surface area contributed by atoms with Gasteiger partial charge in [0.05, 0.1) is 17.5 Å². The number of primary sulfonamides is 1. The summed E-state index contributed by atoms with van der Waals surface area (Å²) in [5.74, 6) is -0.167. The number of likely N-dealkylation sites (tertiary alicyclic amines) is 1. The summed E-state index contributed by atoms with van der Waals surface area (Å²) in [6.07, 6.45) is 8.76. The molecule has 5 heterocycles. The number of carbonyl (C=O) groups excluding carboxylic acids is 1. The van der Waals surface area contributed by atoms with Gasteiger partial charge in [-0.1, -0.05) is 0 Å². The van der Waals surface area contributed by atoms with E-state index in [0.717, 1.165) is 66.4 Å². The second-order valence-corrected chi connectivity index (χ2v) is 10.7. The van der Waals surface area contributed by atoms with E-state index in [2.05, 4.69) is 25.2 Å². The van der Waals surface area contributed by atoms with Gasteiger partial charge in [-0.2, -0.15) is 0 Å². The Labute approximate surface area is 192 Å². The number of hydrogen-bond acceptors (Lipinski definition) is 6. The number of nitrogens with one attached hydrogen (secondary N) is 2. The van der Waals surface area contributed by atoms with Crippen LogP contribution in [0.3, 0.4) is 0 Å². The number of anilines is 1. The van der Waals surface area contributed by atoms with Crippen LogP contribution in [0, 0.1) is 5.92 Å². The molecule has 1 unspecified atom stereocenters. The zero-order valence-electron chi connectivity index (χ0n) is 18.4. The minimum atomic E-state index is -3.53. The molecule has 0 aromatic carbocycles. The second kappa shape index (κ2) is 8.79. The maximum atomic E-state index is 12.8. The lowest BCUT2D eigenvalue weighted by atomic mass is 10.00. The van der Waals surface area contributed by atoms with Gasteiger partial charge in [-0.3, -0.25) is 4.98 Å². The van der Waals surface area contributed by atoms with Gasteiger partial charge in [0.15, 0.2) is 0 Å². The summed E-state index contributed by atoms with van der Waals surface area (Å²) in [4.78, 5) is 29.0. The van der Waals surface area contributed by atoms with E-state index in [4.69, 9.17) is 5.14 Å². The van der Waals surface area contributed by atoms with E-state index >= 15 is 0 Å². The molecule has 3 aromatic heterocycles. The van der Waals surface area contributed by atoms with Crippen LogP contribution >= 0.6 is 0 Å². The molecule has 33 heavy (non-hydrogen) atoms. The van der Waals surface area contributed by atoms with Crippen molar-refractivity contribution in [2.24, 2.45) is 11.1 Å². The Bertz CT molecular complexity index is 1270. The van der Waals surface area contributed by atoms with Crippen LogP contribution in [0.4, 0.5) is 10.5 Å². The van der Waals surface area contributed by atoms with E-state index in [1.54, 1.807) is 11.1 Å². The number of nitrogens with zero attached hydrogens (tertiary/aromatic N) is 4. The topological polar surface area (TPSA) is 137 Å². The monoisotopic (exact) mass is 471 g/mol. The molecule has 2 saturated heterocycles. The summed E-state index contributed by atoms with van der Waals surface area (Å²) in [6.45, 7) is 2.74. The number of urea groups is 1. The number of fused-ring (bicyclic) bond motifs is 3. The zero-order valence-corrected chi connectivity index (χ0v) is 19.2. The molecule has 0 saturated carbocycles. The van der Waals surface area contributed by atoms with E-state index in [1.807, 2.05) is 24.5 Å². The highest BCUT2D eigenvalue weighted by Gasteiger charge is 2.29.